The lowest BCUT2D eigenvalue weighted by Crippen LogP contribution is -2.53. The summed E-state index contributed by atoms with van der Waals surface area (Å²) < 4.78 is 37.4. The number of phosphoric acid groups is 1. The number of ether oxygens (including phenoxy) is 1. The molecule has 1 saturated heterocycles. The van der Waals surface area contributed by atoms with Crippen molar-refractivity contribution in [1.29, 1.82) is 0 Å². The number of nitrogens with one attached hydrogen (secondary N) is 1. The molecule has 14 nitrogen and oxygen atoms in total. The Balaban J connectivity index is 0.00000376. The van der Waals surface area contributed by atoms with Crippen LogP contribution < -0.4 is 16.0 Å². The predicted octanol–water partition coefficient (Wildman–Crippen LogP) is 4.63. The normalized spacial score (nSPS) is 27.5. The number of nitrogen functional groups attached to an aromatic ring is 1. The second-order valence-corrected chi connectivity index (χ2v) is 18.6. The van der Waals surface area contributed by atoms with Gasteiger partial charge in [0.25, 0.3) is 0 Å². The van der Waals surface area contributed by atoms with E-state index in [1.165, 1.54) is 36.8 Å². The second-order valence-electron chi connectivity index (χ2n) is 14.0. The maximum atomic E-state index is 14.0. The summed E-state index contributed by atoms with van der Waals surface area (Å²) in [6.07, 6.45) is -3.44. The summed E-state index contributed by atoms with van der Waals surface area (Å²) in [7, 11) is -4.27. The van der Waals surface area contributed by atoms with E-state index >= 15 is 0 Å². The van der Waals surface area contributed by atoms with Crippen LogP contribution in [0.1, 0.15) is 83.1 Å². The lowest BCUT2D eigenvalue weighted by atomic mass is 9.90. The number of rotatable bonds is 14. The summed E-state index contributed by atoms with van der Waals surface area (Å²) >= 11 is 2.50. The summed E-state index contributed by atoms with van der Waals surface area (Å²) in [5.41, 5.74) is 3.81. The largest absolute Gasteiger partial charge is 0.475 e. The Labute approximate surface area is 288 Å². The first-order valence-electron chi connectivity index (χ1n) is 15.9. The zero-order valence-corrected chi connectivity index (χ0v) is 32.5. The Morgan fingerprint density at radius 1 is 1.06 bits per heavy atom. The SMILES string of the molecule is CC.C[C@@H](OP(=O)(OCCSC(C)(O)C(C)(C)C)OCCSC(C)(O)C(C)(C)C)[C@H]1O[C@@H](N2CNc3c(N)ncnc32)[C@](C)(O)[C@@H]1O. The summed E-state index contributed by atoms with van der Waals surface area (Å²) in [6.45, 7) is 21.9. The molecule has 0 aliphatic carbocycles. The van der Waals surface area contributed by atoms with E-state index in [2.05, 4.69) is 15.3 Å². The molecule has 7 atom stereocenters. The monoisotopic (exact) mass is 727 g/mol. The molecule has 0 saturated carbocycles. The zero-order chi connectivity index (χ0) is 36.2. The maximum Gasteiger partial charge on any atom is 0.475 e. The third-order valence-electron chi connectivity index (χ3n) is 8.51. The number of fused-ring (bicyclic) bond motifs is 1. The van der Waals surface area contributed by atoms with Crippen molar-refractivity contribution in [2.45, 2.75) is 123 Å². The van der Waals surface area contributed by atoms with Gasteiger partial charge in [0.05, 0.1) is 26.0 Å². The Morgan fingerprint density at radius 2 is 1.55 bits per heavy atom. The first-order chi connectivity index (χ1) is 21.4. The van der Waals surface area contributed by atoms with Gasteiger partial charge in [-0.05, 0) is 38.5 Å². The summed E-state index contributed by atoms with van der Waals surface area (Å²) in [6, 6.07) is 0. The molecule has 2 aliphatic heterocycles. The molecule has 1 aromatic rings. The summed E-state index contributed by atoms with van der Waals surface area (Å²) in [4.78, 5) is 7.69. The van der Waals surface area contributed by atoms with Gasteiger partial charge in [-0.15, -0.1) is 23.5 Å². The molecule has 0 amide bonds. The molecule has 0 spiro atoms. The third-order valence-corrected chi connectivity index (χ3v) is 13.2. The van der Waals surface area contributed by atoms with Crippen LogP contribution in [0.25, 0.3) is 0 Å². The molecule has 274 valence electrons. The van der Waals surface area contributed by atoms with E-state index < -0.39 is 58.7 Å². The first kappa shape index (κ1) is 42.3. The van der Waals surface area contributed by atoms with Gasteiger partial charge in [0, 0.05) is 11.5 Å². The predicted molar refractivity (Wildman–Crippen MR) is 189 cm³/mol. The quantitative estimate of drug-likeness (QED) is 0.0879. The Hall–Kier alpha value is -0.910. The van der Waals surface area contributed by atoms with Crippen molar-refractivity contribution < 1.29 is 43.3 Å². The minimum atomic E-state index is -4.27. The van der Waals surface area contributed by atoms with Gasteiger partial charge in [-0.2, -0.15) is 0 Å². The molecule has 3 rings (SSSR count). The number of phosphoric ester groups is 1. The highest BCUT2D eigenvalue weighted by molar-refractivity contribution is 8.00. The average molecular weight is 728 g/mol. The fourth-order valence-corrected chi connectivity index (χ4v) is 7.97. The third kappa shape index (κ3) is 10.1. The highest BCUT2D eigenvalue weighted by Crippen LogP contribution is 2.53. The van der Waals surface area contributed by atoms with Crippen molar-refractivity contribution in [3.05, 3.63) is 6.33 Å². The van der Waals surface area contributed by atoms with Gasteiger partial charge >= 0.3 is 7.82 Å². The van der Waals surface area contributed by atoms with Crippen LogP contribution in [0.4, 0.5) is 17.3 Å². The molecule has 7 N–H and O–H groups in total. The Morgan fingerprint density at radius 3 is 2.02 bits per heavy atom. The Bertz CT molecular complexity index is 1180. The average Bonchev–Trinajstić information content (AvgIpc) is 3.48. The standard InChI is InChI=1S/C28H52N5O9PS2.C2H6/c1-17(19-20(34)26(8,35)23(41-19)33-16-32-18-21(29)30-15-31-22(18)33)42-43(38,39-11-13-44-27(9,36)24(2,3)4)40-12-14-45-28(10,37)25(5,6)7;1-2/h15,17,19-20,23,32,34-37H,11-14,16H2,1-10H3,(H2,29,30,31);1-2H3/t17-,19-,20-,23-,26-,27?,28?,43?;/m1./s1. The van der Waals surface area contributed by atoms with E-state index in [1.54, 1.807) is 25.7 Å². The van der Waals surface area contributed by atoms with E-state index in [0.717, 1.165) is 0 Å². The van der Waals surface area contributed by atoms with Gasteiger partial charge in [0.15, 0.2) is 17.9 Å². The van der Waals surface area contributed by atoms with Gasteiger partial charge in [0.1, 0.15) is 39.7 Å². The number of aliphatic hydroxyl groups excluding tert-OH is 1. The second kappa shape index (κ2) is 16.0. The number of hydrogen-bond donors (Lipinski definition) is 6. The van der Waals surface area contributed by atoms with Crippen LogP contribution in [0.5, 0.6) is 0 Å². The molecular formula is C30H58N5O9PS2. The number of aromatic nitrogens is 2. The van der Waals surface area contributed by atoms with Crippen LogP contribution in [0, 0.1) is 10.8 Å². The first-order valence-corrected chi connectivity index (χ1v) is 19.3. The van der Waals surface area contributed by atoms with Crippen LogP contribution in [0.15, 0.2) is 6.33 Å². The van der Waals surface area contributed by atoms with Gasteiger partial charge in [-0.25, -0.2) is 14.5 Å². The van der Waals surface area contributed by atoms with Crippen molar-refractivity contribution in [2.75, 3.05) is 47.3 Å². The molecule has 1 aromatic heterocycles. The van der Waals surface area contributed by atoms with Crippen LogP contribution in [0.2, 0.25) is 0 Å². The fraction of sp³-hybridized carbons (Fsp3) is 0.867. The van der Waals surface area contributed by atoms with Crippen molar-refractivity contribution in [3.63, 3.8) is 0 Å². The summed E-state index contributed by atoms with van der Waals surface area (Å²) in [5.74, 6) is 1.20. The molecule has 47 heavy (non-hydrogen) atoms. The zero-order valence-electron chi connectivity index (χ0n) is 29.9. The number of anilines is 3. The molecule has 2 unspecified atom stereocenters. The molecule has 1 fully saturated rings. The van der Waals surface area contributed by atoms with Gasteiger partial charge in [-0.3, -0.25) is 13.6 Å². The molecule has 0 aromatic carbocycles. The van der Waals surface area contributed by atoms with Crippen molar-refractivity contribution in [1.82, 2.24) is 9.97 Å². The molecule has 17 heteroatoms. The molecule has 0 radical (unpaired) electrons. The fourth-order valence-electron chi connectivity index (χ4n) is 4.38. The molecular weight excluding hydrogens is 669 g/mol. The number of thioether (sulfide) groups is 2. The van der Waals surface area contributed by atoms with E-state index in [0.29, 0.717) is 11.5 Å². The van der Waals surface area contributed by atoms with E-state index in [-0.39, 0.29) is 37.2 Å². The number of nitrogens with zero attached hydrogens (tertiary/aromatic N) is 3. The van der Waals surface area contributed by atoms with Crippen LogP contribution >= 0.6 is 31.3 Å². The minimum absolute atomic E-state index is 0.0699. The van der Waals surface area contributed by atoms with Gasteiger partial charge in [0.2, 0.25) is 0 Å². The Kier molecular flexibility index (Phi) is 14.4. The van der Waals surface area contributed by atoms with Crippen molar-refractivity contribution in [2.24, 2.45) is 10.8 Å². The molecule has 0 bridgehead atoms. The molecule has 2 aliphatic rings. The smallest absolute Gasteiger partial charge is 0.387 e. The van der Waals surface area contributed by atoms with Crippen LogP contribution in [-0.4, -0.2) is 102 Å². The van der Waals surface area contributed by atoms with Gasteiger partial charge in [-0.1, -0.05) is 55.4 Å². The highest BCUT2D eigenvalue weighted by Gasteiger charge is 2.58. The van der Waals surface area contributed by atoms with E-state index in [9.17, 15) is 25.0 Å². The number of aliphatic hydroxyl groups is 4. The van der Waals surface area contributed by atoms with Crippen LogP contribution in [0.3, 0.4) is 0 Å². The lowest BCUT2D eigenvalue weighted by molar-refractivity contribution is -0.0638. The summed E-state index contributed by atoms with van der Waals surface area (Å²) in [5, 5.41) is 47.3. The van der Waals surface area contributed by atoms with Crippen LogP contribution in [-0.2, 0) is 22.9 Å². The molecule has 3 heterocycles. The van der Waals surface area contributed by atoms with Crippen molar-refractivity contribution >= 4 is 48.7 Å². The van der Waals surface area contributed by atoms with Crippen molar-refractivity contribution in [3.8, 4) is 0 Å². The van der Waals surface area contributed by atoms with Gasteiger partial charge < -0.3 is 41.1 Å². The topological polar surface area (TPSA) is 202 Å². The van der Waals surface area contributed by atoms with E-state index in [1.807, 2.05) is 55.4 Å². The lowest BCUT2D eigenvalue weighted by Gasteiger charge is -2.36. The minimum Gasteiger partial charge on any atom is -0.387 e. The number of hydrogen-bond acceptors (Lipinski definition) is 16. The maximum absolute atomic E-state index is 14.0. The highest BCUT2D eigenvalue weighted by atomic mass is 32.2. The van der Waals surface area contributed by atoms with E-state index in [4.69, 9.17) is 24.0 Å². The number of nitrogens with two attached hydrogens (primary N) is 1.